The summed E-state index contributed by atoms with van der Waals surface area (Å²) >= 11 is 0. The van der Waals surface area contributed by atoms with Crippen molar-refractivity contribution in [3.05, 3.63) is 52.1 Å². The summed E-state index contributed by atoms with van der Waals surface area (Å²) in [5, 5.41) is 3.39. The summed E-state index contributed by atoms with van der Waals surface area (Å²) in [6, 6.07) is 1.68. The third-order valence-corrected chi connectivity index (χ3v) is 2.58. The van der Waals surface area contributed by atoms with Crippen molar-refractivity contribution in [2.24, 2.45) is 5.10 Å². The van der Waals surface area contributed by atoms with Gasteiger partial charge < -0.3 is 0 Å². The molecule has 0 bridgehead atoms. The molecule has 9 heteroatoms. The van der Waals surface area contributed by atoms with Gasteiger partial charge in [0.2, 0.25) is 11.8 Å². The molecule has 2 aromatic rings. The average Bonchev–Trinajstić information content (AvgIpc) is 2.46. The number of hydrogen-bond donors (Lipinski definition) is 1. The van der Waals surface area contributed by atoms with Crippen molar-refractivity contribution in [2.75, 3.05) is 5.43 Å². The number of hydrazone groups is 1. The lowest BCUT2D eigenvalue weighted by atomic mass is 10.2. The highest BCUT2D eigenvalue weighted by Crippen LogP contribution is 2.21. The Morgan fingerprint density at radius 2 is 1.32 bits per heavy atom. The van der Waals surface area contributed by atoms with Crippen LogP contribution in [0.1, 0.15) is 17.0 Å². The third-order valence-electron chi connectivity index (χ3n) is 2.58. The third kappa shape index (κ3) is 3.02. The van der Waals surface area contributed by atoms with Gasteiger partial charge in [-0.1, -0.05) is 0 Å². The van der Waals surface area contributed by atoms with Crippen LogP contribution in [0, 0.1) is 42.9 Å². The van der Waals surface area contributed by atoms with Crippen molar-refractivity contribution < 1.29 is 22.0 Å². The molecule has 0 amide bonds. The van der Waals surface area contributed by atoms with Gasteiger partial charge in [-0.05, 0) is 19.9 Å². The predicted molar refractivity (Wildman–Crippen MR) is 69.0 cm³/mol. The fourth-order valence-corrected chi connectivity index (χ4v) is 1.67. The molecule has 0 spiro atoms. The van der Waals surface area contributed by atoms with Gasteiger partial charge in [-0.2, -0.15) is 5.10 Å². The number of rotatable bonds is 3. The molecule has 0 unspecified atom stereocenters. The molecule has 0 aliphatic rings. The molecule has 0 saturated heterocycles. The second-order valence-corrected chi connectivity index (χ2v) is 4.33. The van der Waals surface area contributed by atoms with Crippen LogP contribution in [0.5, 0.6) is 0 Å². The summed E-state index contributed by atoms with van der Waals surface area (Å²) in [6.45, 7) is 3.38. The smallest absolute Gasteiger partial charge is 0.243 e. The molecule has 0 fully saturated rings. The van der Waals surface area contributed by atoms with Gasteiger partial charge in [0.1, 0.15) is 0 Å². The molecule has 2 rings (SSSR count). The van der Waals surface area contributed by atoms with Gasteiger partial charge in [-0.3, -0.25) is 0 Å². The molecule has 0 atom stereocenters. The van der Waals surface area contributed by atoms with Gasteiger partial charge in [0.15, 0.2) is 23.3 Å². The van der Waals surface area contributed by atoms with E-state index in [-0.39, 0.29) is 5.95 Å². The maximum Gasteiger partial charge on any atom is 0.243 e. The second kappa shape index (κ2) is 6.04. The minimum Gasteiger partial charge on any atom is -0.245 e. The molecule has 0 aliphatic carbocycles. The number of aromatic nitrogens is 2. The van der Waals surface area contributed by atoms with E-state index in [1.54, 1.807) is 19.9 Å². The fourth-order valence-electron chi connectivity index (χ4n) is 1.67. The lowest BCUT2D eigenvalue weighted by molar-refractivity contribution is 0.377. The number of hydrogen-bond acceptors (Lipinski definition) is 4. The van der Waals surface area contributed by atoms with Gasteiger partial charge in [0.25, 0.3) is 0 Å². The van der Waals surface area contributed by atoms with E-state index in [1.807, 2.05) is 0 Å². The van der Waals surface area contributed by atoms with Crippen LogP contribution in [-0.4, -0.2) is 16.2 Å². The zero-order valence-electron chi connectivity index (χ0n) is 11.4. The highest BCUT2D eigenvalue weighted by Gasteiger charge is 2.24. The van der Waals surface area contributed by atoms with Crippen molar-refractivity contribution >= 4 is 12.2 Å². The number of benzene rings is 1. The Kier molecular flexibility index (Phi) is 4.34. The van der Waals surface area contributed by atoms with E-state index in [4.69, 9.17) is 0 Å². The van der Waals surface area contributed by atoms with Crippen LogP contribution in [0.3, 0.4) is 0 Å². The second-order valence-electron chi connectivity index (χ2n) is 4.33. The topological polar surface area (TPSA) is 50.2 Å². The fraction of sp³-hybridized carbons (Fsp3) is 0.154. The molecule has 0 radical (unpaired) electrons. The highest BCUT2D eigenvalue weighted by molar-refractivity contribution is 5.81. The minimum absolute atomic E-state index is 0.0256. The standard InChI is InChI=1S/C13H9F5N4/c1-5-3-6(2)21-13(20-5)22-19-4-7-8(14)10(16)12(18)11(17)9(7)15/h3-4H,1-2H3,(H,20,21,22)/b19-4-. The van der Waals surface area contributed by atoms with Crippen molar-refractivity contribution in [3.63, 3.8) is 0 Å². The molecule has 116 valence electrons. The Hall–Kier alpha value is -2.58. The summed E-state index contributed by atoms with van der Waals surface area (Å²) < 4.78 is 65.6. The van der Waals surface area contributed by atoms with E-state index < -0.39 is 34.6 Å². The van der Waals surface area contributed by atoms with Crippen molar-refractivity contribution in [1.82, 2.24) is 9.97 Å². The molecular formula is C13H9F5N4. The first-order valence-electron chi connectivity index (χ1n) is 5.94. The molecule has 22 heavy (non-hydrogen) atoms. The van der Waals surface area contributed by atoms with Gasteiger partial charge in [-0.15, -0.1) is 0 Å². The van der Waals surface area contributed by atoms with E-state index in [0.717, 1.165) is 0 Å². The molecule has 0 aliphatic heterocycles. The predicted octanol–water partition coefficient (Wildman–Crippen LogP) is 3.23. The van der Waals surface area contributed by atoms with E-state index in [9.17, 15) is 22.0 Å². The molecule has 4 nitrogen and oxygen atoms in total. The highest BCUT2D eigenvalue weighted by atomic mass is 19.2. The zero-order valence-corrected chi connectivity index (χ0v) is 11.4. The maximum absolute atomic E-state index is 13.4. The molecule has 1 aromatic heterocycles. The summed E-state index contributed by atoms with van der Waals surface area (Å²) in [5.41, 5.74) is 2.32. The summed E-state index contributed by atoms with van der Waals surface area (Å²) in [7, 11) is 0. The molecule has 1 heterocycles. The van der Waals surface area contributed by atoms with Crippen LogP contribution in [0.2, 0.25) is 0 Å². The number of nitrogens with one attached hydrogen (secondary N) is 1. The SMILES string of the molecule is Cc1cc(C)nc(N/N=C\c2c(F)c(F)c(F)c(F)c2F)n1. The van der Waals surface area contributed by atoms with Gasteiger partial charge in [0, 0.05) is 11.4 Å². The Labute approximate surface area is 121 Å². The van der Waals surface area contributed by atoms with Crippen LogP contribution in [0.25, 0.3) is 0 Å². The normalized spacial score (nSPS) is 11.2. The van der Waals surface area contributed by atoms with Gasteiger partial charge in [-0.25, -0.2) is 37.3 Å². The molecule has 1 aromatic carbocycles. The zero-order chi connectivity index (χ0) is 16.4. The van der Waals surface area contributed by atoms with E-state index in [0.29, 0.717) is 17.6 Å². The first-order valence-corrected chi connectivity index (χ1v) is 5.94. The molecule has 0 saturated carbocycles. The maximum atomic E-state index is 13.4. The summed E-state index contributed by atoms with van der Waals surface area (Å²) in [5.74, 6) is -10.2. The van der Waals surface area contributed by atoms with E-state index in [1.165, 1.54) is 0 Å². The molecular weight excluding hydrogens is 307 g/mol. The van der Waals surface area contributed by atoms with Crippen LogP contribution >= 0.6 is 0 Å². The summed E-state index contributed by atoms with van der Waals surface area (Å²) in [4.78, 5) is 7.86. The number of anilines is 1. The number of aryl methyl sites for hydroxylation is 2. The minimum atomic E-state index is -2.22. The summed E-state index contributed by atoms with van der Waals surface area (Å²) in [6.07, 6.45) is 0.470. The van der Waals surface area contributed by atoms with Crippen LogP contribution < -0.4 is 5.43 Å². The Bertz CT molecular complexity index is 711. The monoisotopic (exact) mass is 316 g/mol. The Balaban J connectivity index is 2.31. The number of nitrogens with zero attached hydrogens (tertiary/aromatic N) is 3. The Morgan fingerprint density at radius 3 is 1.82 bits per heavy atom. The van der Waals surface area contributed by atoms with Crippen molar-refractivity contribution in [1.29, 1.82) is 0 Å². The average molecular weight is 316 g/mol. The van der Waals surface area contributed by atoms with Crippen molar-refractivity contribution in [2.45, 2.75) is 13.8 Å². The number of halogens is 5. The quantitative estimate of drug-likeness (QED) is 0.311. The van der Waals surface area contributed by atoms with E-state index >= 15 is 0 Å². The van der Waals surface area contributed by atoms with Gasteiger partial charge in [0.05, 0.1) is 11.8 Å². The van der Waals surface area contributed by atoms with Gasteiger partial charge >= 0.3 is 0 Å². The van der Waals surface area contributed by atoms with Crippen LogP contribution in [-0.2, 0) is 0 Å². The van der Waals surface area contributed by atoms with Crippen LogP contribution in [0.4, 0.5) is 27.9 Å². The van der Waals surface area contributed by atoms with E-state index in [2.05, 4.69) is 20.5 Å². The largest absolute Gasteiger partial charge is 0.245 e. The first kappa shape index (κ1) is 15.8. The lowest BCUT2D eigenvalue weighted by Gasteiger charge is -2.04. The molecule has 1 N–H and O–H groups in total. The Morgan fingerprint density at radius 1 is 0.864 bits per heavy atom. The van der Waals surface area contributed by atoms with Crippen LogP contribution in [0.15, 0.2) is 11.2 Å². The first-order chi connectivity index (χ1) is 10.3. The van der Waals surface area contributed by atoms with Crippen molar-refractivity contribution in [3.8, 4) is 0 Å². The lowest BCUT2D eigenvalue weighted by Crippen LogP contribution is -2.07.